The van der Waals surface area contributed by atoms with Crippen LogP contribution in [0.3, 0.4) is 0 Å². The summed E-state index contributed by atoms with van der Waals surface area (Å²) in [7, 11) is 0. The summed E-state index contributed by atoms with van der Waals surface area (Å²) in [6.07, 6.45) is 1.69. The van der Waals surface area contributed by atoms with Gasteiger partial charge in [0.2, 0.25) is 0 Å². The Labute approximate surface area is 84.5 Å². The van der Waals surface area contributed by atoms with Gasteiger partial charge in [-0.2, -0.15) is 0 Å². The molecule has 0 saturated carbocycles. The van der Waals surface area contributed by atoms with Gasteiger partial charge in [0.15, 0.2) is 0 Å². The molecule has 4 heteroatoms. The van der Waals surface area contributed by atoms with E-state index in [1.54, 1.807) is 6.20 Å². The van der Waals surface area contributed by atoms with Crippen LogP contribution in [0.25, 0.3) is 0 Å². The van der Waals surface area contributed by atoms with E-state index in [0.29, 0.717) is 12.4 Å². The van der Waals surface area contributed by atoms with Crippen molar-refractivity contribution >= 4 is 11.5 Å². The van der Waals surface area contributed by atoms with Crippen molar-refractivity contribution in [1.29, 1.82) is 0 Å². The first-order valence-corrected chi connectivity index (χ1v) is 4.78. The van der Waals surface area contributed by atoms with Crippen LogP contribution < -0.4 is 11.1 Å². The highest BCUT2D eigenvalue weighted by Gasteiger charge is 2.01. The van der Waals surface area contributed by atoms with Crippen molar-refractivity contribution in [2.45, 2.75) is 19.9 Å². The van der Waals surface area contributed by atoms with Gasteiger partial charge in [0, 0.05) is 30.6 Å². The normalized spacial score (nSPS) is 12.4. The van der Waals surface area contributed by atoms with Crippen LogP contribution in [0.2, 0.25) is 0 Å². The van der Waals surface area contributed by atoms with E-state index in [9.17, 15) is 0 Å². The predicted octanol–water partition coefficient (Wildman–Crippen LogP) is 1.50. The highest BCUT2D eigenvalue weighted by molar-refractivity contribution is 5.50. The number of hydrogen-bond acceptors (Lipinski definition) is 4. The van der Waals surface area contributed by atoms with Crippen molar-refractivity contribution < 1.29 is 4.74 Å². The Balaban J connectivity index is 2.43. The van der Waals surface area contributed by atoms with Gasteiger partial charge in [-0.1, -0.05) is 0 Å². The van der Waals surface area contributed by atoms with Gasteiger partial charge in [0.25, 0.3) is 0 Å². The standard InChI is InChI=1S/C10H17N3O/c1-3-14-7-8(2)13-9-4-5-12-10(11)6-9/h4-6,8H,3,7H2,1-2H3,(H3,11,12,13). The minimum atomic E-state index is 0.275. The lowest BCUT2D eigenvalue weighted by molar-refractivity contribution is 0.141. The van der Waals surface area contributed by atoms with Crippen LogP contribution in [-0.2, 0) is 4.74 Å². The number of pyridine rings is 1. The molecule has 0 amide bonds. The number of ether oxygens (including phenoxy) is 1. The molecule has 1 aromatic rings. The van der Waals surface area contributed by atoms with Gasteiger partial charge in [-0.25, -0.2) is 4.98 Å². The van der Waals surface area contributed by atoms with Crippen molar-refractivity contribution in [3.8, 4) is 0 Å². The summed E-state index contributed by atoms with van der Waals surface area (Å²) in [6, 6.07) is 3.97. The minimum Gasteiger partial charge on any atom is -0.384 e. The Hall–Kier alpha value is -1.29. The number of aromatic nitrogens is 1. The van der Waals surface area contributed by atoms with Crippen LogP contribution in [0.15, 0.2) is 18.3 Å². The van der Waals surface area contributed by atoms with Gasteiger partial charge in [-0.3, -0.25) is 0 Å². The molecule has 0 aliphatic rings. The zero-order valence-electron chi connectivity index (χ0n) is 8.66. The molecule has 0 aliphatic carbocycles. The SMILES string of the molecule is CCOCC(C)Nc1ccnc(N)c1. The molecule has 1 unspecified atom stereocenters. The first-order valence-electron chi connectivity index (χ1n) is 4.78. The van der Waals surface area contributed by atoms with E-state index in [1.807, 2.05) is 19.1 Å². The Kier molecular flexibility index (Phi) is 4.19. The third kappa shape index (κ3) is 3.62. The Morgan fingerprint density at radius 2 is 2.43 bits per heavy atom. The maximum absolute atomic E-state index is 5.55. The average molecular weight is 195 g/mol. The number of hydrogen-bond donors (Lipinski definition) is 2. The van der Waals surface area contributed by atoms with Crippen LogP contribution in [0.4, 0.5) is 11.5 Å². The van der Waals surface area contributed by atoms with Crippen LogP contribution >= 0.6 is 0 Å². The lowest BCUT2D eigenvalue weighted by Crippen LogP contribution is -2.21. The second-order valence-electron chi connectivity index (χ2n) is 3.17. The predicted molar refractivity (Wildman–Crippen MR) is 58.2 cm³/mol. The summed E-state index contributed by atoms with van der Waals surface area (Å²) in [5.74, 6) is 0.526. The van der Waals surface area contributed by atoms with E-state index < -0.39 is 0 Å². The molecular weight excluding hydrogens is 178 g/mol. The Morgan fingerprint density at radius 1 is 1.64 bits per heavy atom. The van der Waals surface area contributed by atoms with Crippen molar-refractivity contribution in [3.05, 3.63) is 18.3 Å². The number of nitrogens with one attached hydrogen (secondary N) is 1. The number of nitrogens with two attached hydrogens (primary N) is 1. The number of rotatable bonds is 5. The van der Waals surface area contributed by atoms with E-state index in [-0.39, 0.29) is 6.04 Å². The van der Waals surface area contributed by atoms with Gasteiger partial charge < -0.3 is 15.8 Å². The summed E-state index contributed by atoms with van der Waals surface area (Å²) < 4.78 is 5.29. The zero-order chi connectivity index (χ0) is 10.4. The van der Waals surface area contributed by atoms with Crippen LogP contribution in [0.5, 0.6) is 0 Å². The largest absolute Gasteiger partial charge is 0.384 e. The smallest absolute Gasteiger partial charge is 0.125 e. The van der Waals surface area contributed by atoms with E-state index in [2.05, 4.69) is 17.2 Å². The van der Waals surface area contributed by atoms with Gasteiger partial charge in [0.1, 0.15) is 5.82 Å². The fourth-order valence-electron chi connectivity index (χ4n) is 1.16. The molecule has 1 rings (SSSR count). The summed E-state index contributed by atoms with van der Waals surface area (Å²) in [5.41, 5.74) is 6.53. The average Bonchev–Trinajstić information content (AvgIpc) is 2.15. The second-order valence-corrected chi connectivity index (χ2v) is 3.17. The molecule has 1 aromatic heterocycles. The van der Waals surface area contributed by atoms with Gasteiger partial charge >= 0.3 is 0 Å². The van der Waals surface area contributed by atoms with E-state index in [1.165, 1.54) is 0 Å². The maximum atomic E-state index is 5.55. The third-order valence-electron chi connectivity index (χ3n) is 1.77. The summed E-state index contributed by atoms with van der Waals surface area (Å²) >= 11 is 0. The van der Waals surface area contributed by atoms with Crippen molar-refractivity contribution in [1.82, 2.24) is 4.98 Å². The molecule has 14 heavy (non-hydrogen) atoms. The molecule has 0 fully saturated rings. The molecule has 0 bridgehead atoms. The van der Waals surface area contributed by atoms with Gasteiger partial charge in [-0.15, -0.1) is 0 Å². The fourth-order valence-corrected chi connectivity index (χ4v) is 1.16. The molecule has 0 aliphatic heterocycles. The lowest BCUT2D eigenvalue weighted by Gasteiger charge is -2.14. The lowest BCUT2D eigenvalue weighted by atomic mass is 10.3. The van der Waals surface area contributed by atoms with Crippen LogP contribution in [-0.4, -0.2) is 24.2 Å². The van der Waals surface area contributed by atoms with Crippen molar-refractivity contribution in [3.63, 3.8) is 0 Å². The van der Waals surface area contributed by atoms with Crippen molar-refractivity contribution in [2.24, 2.45) is 0 Å². The summed E-state index contributed by atoms with van der Waals surface area (Å²) in [6.45, 7) is 5.48. The second kappa shape index (κ2) is 5.44. The van der Waals surface area contributed by atoms with Crippen LogP contribution in [0.1, 0.15) is 13.8 Å². The van der Waals surface area contributed by atoms with Gasteiger partial charge in [-0.05, 0) is 19.9 Å². The topological polar surface area (TPSA) is 60.2 Å². The molecular formula is C10H17N3O. The molecule has 4 nitrogen and oxygen atoms in total. The molecule has 0 radical (unpaired) electrons. The molecule has 3 N–H and O–H groups in total. The molecule has 1 atom stereocenters. The highest BCUT2D eigenvalue weighted by Crippen LogP contribution is 2.10. The quantitative estimate of drug-likeness (QED) is 0.747. The van der Waals surface area contributed by atoms with Gasteiger partial charge in [0.05, 0.1) is 6.61 Å². The Morgan fingerprint density at radius 3 is 3.07 bits per heavy atom. The summed E-state index contributed by atoms with van der Waals surface area (Å²) in [4.78, 5) is 3.92. The zero-order valence-corrected chi connectivity index (χ0v) is 8.66. The van der Waals surface area contributed by atoms with Crippen molar-refractivity contribution in [2.75, 3.05) is 24.3 Å². The number of anilines is 2. The first kappa shape index (κ1) is 10.8. The molecule has 0 aromatic carbocycles. The molecule has 78 valence electrons. The summed E-state index contributed by atoms with van der Waals surface area (Å²) in [5, 5.41) is 3.27. The van der Waals surface area contributed by atoms with E-state index in [4.69, 9.17) is 10.5 Å². The number of nitrogens with zero attached hydrogens (tertiary/aromatic N) is 1. The number of nitrogen functional groups attached to an aromatic ring is 1. The van der Waals surface area contributed by atoms with E-state index >= 15 is 0 Å². The molecule has 0 spiro atoms. The molecule has 1 heterocycles. The molecule has 0 saturated heterocycles. The third-order valence-corrected chi connectivity index (χ3v) is 1.77. The monoisotopic (exact) mass is 195 g/mol. The maximum Gasteiger partial charge on any atom is 0.125 e. The first-order chi connectivity index (χ1) is 6.72. The Bertz CT molecular complexity index is 278. The van der Waals surface area contributed by atoms with E-state index in [0.717, 1.165) is 12.3 Å². The highest BCUT2D eigenvalue weighted by atomic mass is 16.5. The van der Waals surface area contributed by atoms with Crippen LogP contribution in [0, 0.1) is 0 Å². The minimum absolute atomic E-state index is 0.275. The fraction of sp³-hybridized carbons (Fsp3) is 0.500.